The summed E-state index contributed by atoms with van der Waals surface area (Å²) in [5, 5.41) is 18.0. The molecule has 1 N–H and O–H groups in total. The monoisotopic (exact) mass is 396 g/mol. The number of halogens is 1. The van der Waals surface area contributed by atoms with Crippen molar-refractivity contribution in [1.29, 1.82) is 0 Å². The Kier molecular flexibility index (Phi) is 4.90. The van der Waals surface area contributed by atoms with Crippen molar-refractivity contribution in [2.75, 3.05) is 18.4 Å². The van der Waals surface area contributed by atoms with Crippen LogP contribution in [0.4, 0.5) is 20.7 Å². The van der Waals surface area contributed by atoms with E-state index in [2.05, 4.69) is 15.4 Å². The average molecular weight is 396 g/mol. The molecule has 2 amide bonds. The Balaban J connectivity index is 1.46. The van der Waals surface area contributed by atoms with Gasteiger partial charge in [-0.25, -0.2) is 14.2 Å². The molecule has 3 aromatic rings. The van der Waals surface area contributed by atoms with E-state index in [1.54, 1.807) is 15.8 Å². The molecule has 148 valence electrons. The first-order valence-corrected chi connectivity index (χ1v) is 8.94. The first-order chi connectivity index (χ1) is 14.0. The first kappa shape index (κ1) is 18.5. The van der Waals surface area contributed by atoms with Gasteiger partial charge in [-0.1, -0.05) is 0 Å². The number of amides is 2. The smallest absolute Gasteiger partial charge is 0.323 e. The number of hydrogen-bond acceptors (Lipinski definition) is 5. The fourth-order valence-electron chi connectivity index (χ4n) is 3.18. The van der Waals surface area contributed by atoms with Crippen LogP contribution in [0.25, 0.3) is 11.3 Å². The summed E-state index contributed by atoms with van der Waals surface area (Å²) in [6.07, 6.45) is 3.55. The van der Waals surface area contributed by atoms with E-state index in [1.807, 2.05) is 12.3 Å². The summed E-state index contributed by atoms with van der Waals surface area (Å²) in [6.45, 7) is 1.75. The topological polar surface area (TPSA) is 106 Å². The maximum absolute atomic E-state index is 13.1. The van der Waals surface area contributed by atoms with Crippen molar-refractivity contribution in [1.82, 2.24) is 19.7 Å². The zero-order valence-electron chi connectivity index (χ0n) is 15.2. The number of anilines is 1. The fraction of sp³-hybridized carbons (Fsp3) is 0.211. The highest BCUT2D eigenvalue weighted by Gasteiger charge is 2.32. The van der Waals surface area contributed by atoms with Crippen molar-refractivity contribution < 1.29 is 14.1 Å². The Morgan fingerprint density at radius 1 is 1.24 bits per heavy atom. The van der Waals surface area contributed by atoms with Crippen LogP contribution >= 0.6 is 0 Å². The molecule has 9 nitrogen and oxygen atoms in total. The lowest BCUT2D eigenvalue weighted by molar-refractivity contribution is -0.384. The molecule has 0 bridgehead atoms. The predicted octanol–water partition coefficient (Wildman–Crippen LogP) is 3.16. The molecular formula is C19H17FN6O3. The number of rotatable bonds is 5. The van der Waals surface area contributed by atoms with Gasteiger partial charge < -0.3 is 4.90 Å². The normalized spacial score (nSPS) is 13.8. The summed E-state index contributed by atoms with van der Waals surface area (Å²) in [5.74, 6) is -0.266. The minimum Gasteiger partial charge on any atom is -0.324 e. The second-order valence-corrected chi connectivity index (χ2v) is 6.76. The van der Waals surface area contributed by atoms with Crippen molar-refractivity contribution >= 4 is 17.5 Å². The number of likely N-dealkylation sites (tertiary alicyclic amines) is 1. The number of nitrogens with one attached hydrogen (secondary N) is 1. The molecule has 1 aromatic carbocycles. The second kappa shape index (κ2) is 7.66. The molecule has 1 fully saturated rings. The van der Waals surface area contributed by atoms with Crippen molar-refractivity contribution in [2.24, 2.45) is 5.92 Å². The van der Waals surface area contributed by atoms with Crippen molar-refractivity contribution in [3.05, 3.63) is 70.8 Å². The molecular weight excluding hydrogens is 379 g/mol. The lowest BCUT2D eigenvalue weighted by Crippen LogP contribution is -2.53. The summed E-state index contributed by atoms with van der Waals surface area (Å²) in [5.41, 5.74) is 0.670. The van der Waals surface area contributed by atoms with Crippen molar-refractivity contribution in [3.63, 3.8) is 0 Å². The molecule has 4 rings (SSSR count). The molecule has 0 aliphatic carbocycles. The van der Waals surface area contributed by atoms with Gasteiger partial charge in [-0.2, -0.15) is 5.10 Å². The van der Waals surface area contributed by atoms with E-state index in [-0.39, 0.29) is 17.4 Å². The number of nitrogens with zero attached hydrogens (tertiary/aromatic N) is 5. The number of aromatic nitrogens is 3. The second-order valence-electron chi connectivity index (χ2n) is 6.76. The van der Waals surface area contributed by atoms with E-state index in [0.29, 0.717) is 30.9 Å². The van der Waals surface area contributed by atoms with Crippen LogP contribution in [-0.2, 0) is 6.54 Å². The highest BCUT2D eigenvalue weighted by molar-refractivity contribution is 5.91. The van der Waals surface area contributed by atoms with Gasteiger partial charge in [0.05, 0.1) is 10.6 Å². The summed E-state index contributed by atoms with van der Waals surface area (Å²) < 4.78 is 14.9. The molecule has 29 heavy (non-hydrogen) atoms. The summed E-state index contributed by atoms with van der Waals surface area (Å²) in [6, 6.07) is 9.71. The Bertz CT molecular complexity index is 1030. The number of pyridine rings is 1. The number of nitro groups is 1. The minimum atomic E-state index is -0.603. The van der Waals surface area contributed by atoms with E-state index in [0.717, 1.165) is 0 Å². The van der Waals surface area contributed by atoms with E-state index >= 15 is 0 Å². The van der Waals surface area contributed by atoms with Crippen LogP contribution in [0, 0.1) is 21.8 Å². The number of carbonyl (C=O) groups is 1. The lowest BCUT2D eigenvalue weighted by atomic mass is 10.0. The van der Waals surface area contributed by atoms with E-state index < -0.39 is 16.8 Å². The van der Waals surface area contributed by atoms with Gasteiger partial charge >= 0.3 is 11.7 Å². The van der Waals surface area contributed by atoms with Crippen LogP contribution < -0.4 is 5.32 Å². The van der Waals surface area contributed by atoms with E-state index in [4.69, 9.17) is 0 Å². The molecule has 0 saturated carbocycles. The molecule has 0 radical (unpaired) electrons. The zero-order chi connectivity index (χ0) is 20.4. The first-order valence-electron chi connectivity index (χ1n) is 8.94. The minimum absolute atomic E-state index is 0.141. The summed E-state index contributed by atoms with van der Waals surface area (Å²) in [7, 11) is 0. The average Bonchev–Trinajstić information content (AvgIpc) is 3.18. The van der Waals surface area contributed by atoms with Crippen LogP contribution in [-0.4, -0.2) is 43.7 Å². The molecule has 0 atom stereocenters. The molecule has 1 saturated heterocycles. The van der Waals surface area contributed by atoms with Gasteiger partial charge in [0.1, 0.15) is 5.82 Å². The number of benzene rings is 1. The van der Waals surface area contributed by atoms with Crippen molar-refractivity contribution in [3.8, 4) is 11.3 Å². The zero-order valence-corrected chi connectivity index (χ0v) is 15.2. The third-order valence-corrected chi connectivity index (χ3v) is 4.68. The van der Waals surface area contributed by atoms with Crippen molar-refractivity contribution in [2.45, 2.75) is 6.54 Å². The highest BCUT2D eigenvalue weighted by Crippen LogP contribution is 2.28. The van der Waals surface area contributed by atoms with Gasteiger partial charge in [-0.05, 0) is 36.4 Å². The third-order valence-electron chi connectivity index (χ3n) is 4.68. The van der Waals surface area contributed by atoms with E-state index in [1.165, 1.54) is 36.4 Å². The van der Waals surface area contributed by atoms with Crippen LogP contribution in [0.5, 0.6) is 0 Å². The molecule has 1 aliphatic rings. The number of urea groups is 1. The van der Waals surface area contributed by atoms with Gasteiger partial charge in [-0.15, -0.1) is 0 Å². The van der Waals surface area contributed by atoms with E-state index in [9.17, 15) is 19.3 Å². The molecule has 10 heteroatoms. The van der Waals surface area contributed by atoms with Crippen LogP contribution in [0.1, 0.15) is 0 Å². The maximum atomic E-state index is 13.1. The fourth-order valence-corrected chi connectivity index (χ4v) is 3.18. The van der Waals surface area contributed by atoms with Crippen LogP contribution in [0.15, 0.2) is 54.9 Å². The summed E-state index contributed by atoms with van der Waals surface area (Å²) in [4.78, 5) is 29.0. The summed E-state index contributed by atoms with van der Waals surface area (Å²) >= 11 is 0. The van der Waals surface area contributed by atoms with Gasteiger partial charge in [0, 0.05) is 49.6 Å². The Labute approximate surface area is 164 Å². The Morgan fingerprint density at radius 3 is 2.66 bits per heavy atom. The third kappa shape index (κ3) is 4.05. The molecule has 2 aromatic heterocycles. The molecule has 3 heterocycles. The van der Waals surface area contributed by atoms with Gasteiger partial charge in [0.2, 0.25) is 5.82 Å². The molecule has 1 aliphatic heterocycles. The van der Waals surface area contributed by atoms with Crippen LogP contribution in [0.2, 0.25) is 0 Å². The molecule has 0 spiro atoms. The maximum Gasteiger partial charge on any atom is 0.323 e. The van der Waals surface area contributed by atoms with Gasteiger partial charge in [0.25, 0.3) is 0 Å². The highest BCUT2D eigenvalue weighted by atomic mass is 19.1. The molecule has 0 unspecified atom stereocenters. The quantitative estimate of drug-likeness (QED) is 0.527. The number of carbonyl (C=O) groups excluding carboxylic acids is 1. The predicted molar refractivity (Wildman–Crippen MR) is 103 cm³/mol. The Hall–Kier alpha value is -3.82. The van der Waals surface area contributed by atoms with Gasteiger partial charge in [-0.3, -0.25) is 20.1 Å². The Morgan fingerprint density at radius 2 is 2.00 bits per heavy atom. The van der Waals surface area contributed by atoms with Crippen LogP contribution in [0.3, 0.4) is 0 Å². The number of hydrogen-bond donors (Lipinski definition) is 1. The SMILES string of the molecule is O=C(Nc1nc(-c2ccc(F)cc2)ccc1[N+](=O)[O-])N1CC(Cn2cccn2)C1. The van der Waals surface area contributed by atoms with Gasteiger partial charge in [0.15, 0.2) is 0 Å². The lowest BCUT2D eigenvalue weighted by Gasteiger charge is -2.38. The standard InChI is InChI=1S/C19H17FN6O3/c20-15-4-2-14(3-5-15)16-6-7-17(26(28)29)18(22-16)23-19(27)24-10-13(11-24)12-25-9-1-8-21-25/h1-9,13H,10-12H2,(H,22,23,27). The largest absolute Gasteiger partial charge is 0.324 e.